The van der Waals surface area contributed by atoms with Gasteiger partial charge in [-0.25, -0.2) is 4.39 Å². The van der Waals surface area contributed by atoms with Gasteiger partial charge in [0.05, 0.1) is 5.56 Å². The van der Waals surface area contributed by atoms with Gasteiger partial charge in [-0.1, -0.05) is 53.8 Å². The van der Waals surface area contributed by atoms with Crippen LogP contribution in [-0.4, -0.2) is 16.1 Å². The molecule has 2 aromatic carbocycles. The van der Waals surface area contributed by atoms with Gasteiger partial charge in [-0.15, -0.1) is 10.2 Å². The highest BCUT2D eigenvalue weighted by molar-refractivity contribution is 7.18. The third-order valence-electron chi connectivity index (χ3n) is 3.64. The average Bonchev–Trinajstić information content (AvgIpc) is 3.33. The first-order chi connectivity index (χ1) is 12.7. The summed E-state index contributed by atoms with van der Waals surface area (Å²) in [5.41, 5.74) is 1.22. The van der Waals surface area contributed by atoms with E-state index in [4.69, 9.17) is 4.42 Å². The molecular formula is C19H12FN3O2S. The molecule has 0 aliphatic rings. The minimum Gasteiger partial charge on any atom is -0.451 e. The summed E-state index contributed by atoms with van der Waals surface area (Å²) in [5.74, 6) is -0.524. The van der Waals surface area contributed by atoms with Crippen molar-refractivity contribution < 1.29 is 13.6 Å². The SMILES string of the molecule is O=C(Nc1nnc(-c2ccccc2)s1)c1ccc(-c2ccccc2F)o1. The summed E-state index contributed by atoms with van der Waals surface area (Å²) in [5, 5.41) is 11.7. The zero-order valence-corrected chi connectivity index (χ0v) is 14.2. The molecule has 0 saturated heterocycles. The summed E-state index contributed by atoms with van der Waals surface area (Å²) in [6.45, 7) is 0. The van der Waals surface area contributed by atoms with E-state index in [1.807, 2.05) is 30.3 Å². The van der Waals surface area contributed by atoms with Crippen LogP contribution in [0.3, 0.4) is 0 Å². The van der Waals surface area contributed by atoms with E-state index in [1.54, 1.807) is 24.3 Å². The fourth-order valence-electron chi connectivity index (χ4n) is 2.40. The number of anilines is 1. The van der Waals surface area contributed by atoms with Crippen LogP contribution >= 0.6 is 11.3 Å². The molecule has 0 spiro atoms. The molecule has 4 aromatic rings. The molecule has 1 amide bonds. The van der Waals surface area contributed by atoms with Gasteiger partial charge in [0.2, 0.25) is 5.13 Å². The lowest BCUT2D eigenvalue weighted by Gasteiger charge is -1.99. The van der Waals surface area contributed by atoms with Gasteiger partial charge in [0.25, 0.3) is 5.91 Å². The smallest absolute Gasteiger partial charge is 0.293 e. The number of halogens is 1. The van der Waals surface area contributed by atoms with Crippen molar-refractivity contribution in [2.24, 2.45) is 0 Å². The lowest BCUT2D eigenvalue weighted by Crippen LogP contribution is -2.10. The maximum absolute atomic E-state index is 13.8. The van der Waals surface area contributed by atoms with E-state index in [-0.39, 0.29) is 11.5 Å². The summed E-state index contributed by atoms with van der Waals surface area (Å²) in [4.78, 5) is 12.3. The number of benzene rings is 2. The zero-order chi connectivity index (χ0) is 17.9. The number of furan rings is 1. The van der Waals surface area contributed by atoms with E-state index in [9.17, 15) is 9.18 Å². The zero-order valence-electron chi connectivity index (χ0n) is 13.3. The third kappa shape index (κ3) is 3.25. The van der Waals surface area contributed by atoms with Crippen LogP contribution in [0.25, 0.3) is 21.9 Å². The molecule has 2 heterocycles. The van der Waals surface area contributed by atoms with Gasteiger partial charge < -0.3 is 4.42 Å². The quantitative estimate of drug-likeness (QED) is 0.561. The second-order valence-electron chi connectivity index (χ2n) is 5.38. The fourth-order valence-corrected chi connectivity index (χ4v) is 3.14. The first-order valence-electron chi connectivity index (χ1n) is 7.76. The van der Waals surface area contributed by atoms with Crippen LogP contribution in [-0.2, 0) is 0 Å². The number of carbonyl (C=O) groups is 1. The van der Waals surface area contributed by atoms with Crippen LogP contribution in [0.2, 0.25) is 0 Å². The second-order valence-corrected chi connectivity index (χ2v) is 6.35. The van der Waals surface area contributed by atoms with Gasteiger partial charge in [-0.05, 0) is 24.3 Å². The molecule has 5 nitrogen and oxygen atoms in total. The standard InChI is InChI=1S/C19H12FN3O2S/c20-14-9-5-4-8-13(14)15-10-11-16(25-15)17(24)21-19-23-22-18(26-19)12-6-2-1-3-7-12/h1-11H,(H,21,23,24). The van der Waals surface area contributed by atoms with E-state index in [0.717, 1.165) is 5.56 Å². The van der Waals surface area contributed by atoms with Gasteiger partial charge in [-0.3, -0.25) is 10.1 Å². The lowest BCUT2D eigenvalue weighted by atomic mass is 10.1. The molecular weight excluding hydrogens is 353 g/mol. The number of hydrogen-bond acceptors (Lipinski definition) is 5. The molecule has 0 aliphatic heterocycles. The van der Waals surface area contributed by atoms with Crippen molar-refractivity contribution >= 4 is 22.4 Å². The molecule has 0 atom stereocenters. The Balaban J connectivity index is 1.51. The maximum Gasteiger partial charge on any atom is 0.293 e. The van der Waals surface area contributed by atoms with Crippen molar-refractivity contribution in [3.05, 3.63) is 78.3 Å². The topological polar surface area (TPSA) is 68.0 Å². The molecule has 0 aliphatic carbocycles. The molecule has 0 saturated carbocycles. The third-order valence-corrected chi connectivity index (χ3v) is 4.52. The molecule has 128 valence electrons. The molecule has 0 radical (unpaired) electrons. The highest BCUT2D eigenvalue weighted by Crippen LogP contribution is 2.28. The summed E-state index contributed by atoms with van der Waals surface area (Å²) in [6.07, 6.45) is 0. The molecule has 7 heteroatoms. The predicted octanol–water partition coefficient (Wildman–Crippen LogP) is 4.86. The van der Waals surface area contributed by atoms with Crippen LogP contribution in [0.1, 0.15) is 10.6 Å². The van der Waals surface area contributed by atoms with Crippen LogP contribution < -0.4 is 5.32 Å². The fraction of sp³-hybridized carbons (Fsp3) is 0. The van der Waals surface area contributed by atoms with Crippen molar-refractivity contribution in [3.63, 3.8) is 0 Å². The van der Waals surface area contributed by atoms with Crippen molar-refractivity contribution in [2.45, 2.75) is 0 Å². The minimum atomic E-state index is -0.469. The van der Waals surface area contributed by atoms with E-state index >= 15 is 0 Å². The van der Waals surface area contributed by atoms with E-state index in [0.29, 0.717) is 15.7 Å². The van der Waals surface area contributed by atoms with Gasteiger partial charge in [-0.2, -0.15) is 0 Å². The van der Waals surface area contributed by atoms with Crippen LogP contribution in [0.5, 0.6) is 0 Å². The maximum atomic E-state index is 13.8. The number of carbonyl (C=O) groups excluding carboxylic acids is 1. The summed E-state index contributed by atoms with van der Waals surface area (Å²) in [7, 11) is 0. The number of amides is 1. The summed E-state index contributed by atoms with van der Waals surface area (Å²) >= 11 is 1.26. The Morgan fingerprint density at radius 2 is 1.73 bits per heavy atom. The molecule has 0 fully saturated rings. The Morgan fingerprint density at radius 3 is 2.54 bits per heavy atom. The Kier molecular flexibility index (Phi) is 4.28. The first-order valence-corrected chi connectivity index (χ1v) is 8.57. The van der Waals surface area contributed by atoms with Crippen LogP contribution in [0.4, 0.5) is 9.52 Å². The monoisotopic (exact) mass is 365 g/mol. The number of nitrogens with one attached hydrogen (secondary N) is 1. The normalized spacial score (nSPS) is 10.7. The van der Waals surface area contributed by atoms with E-state index in [1.165, 1.54) is 23.5 Å². The van der Waals surface area contributed by atoms with Gasteiger partial charge in [0, 0.05) is 5.56 Å². The van der Waals surface area contributed by atoms with Gasteiger partial charge in [0.1, 0.15) is 16.6 Å². The molecule has 26 heavy (non-hydrogen) atoms. The van der Waals surface area contributed by atoms with E-state index < -0.39 is 11.7 Å². The van der Waals surface area contributed by atoms with Crippen LogP contribution in [0.15, 0.2) is 71.1 Å². The lowest BCUT2D eigenvalue weighted by molar-refractivity contribution is 0.0997. The minimum absolute atomic E-state index is 0.0692. The van der Waals surface area contributed by atoms with Gasteiger partial charge in [0.15, 0.2) is 5.76 Å². The second kappa shape index (κ2) is 6.89. The Morgan fingerprint density at radius 1 is 0.962 bits per heavy atom. The highest BCUT2D eigenvalue weighted by atomic mass is 32.1. The van der Waals surface area contributed by atoms with Crippen molar-refractivity contribution in [1.29, 1.82) is 0 Å². The summed E-state index contributed by atoms with van der Waals surface area (Å²) < 4.78 is 19.3. The number of aromatic nitrogens is 2. The van der Waals surface area contributed by atoms with Gasteiger partial charge >= 0.3 is 0 Å². The molecule has 0 bridgehead atoms. The number of rotatable bonds is 4. The summed E-state index contributed by atoms with van der Waals surface area (Å²) in [6, 6.07) is 18.8. The molecule has 2 aromatic heterocycles. The molecule has 1 N–H and O–H groups in total. The van der Waals surface area contributed by atoms with E-state index in [2.05, 4.69) is 15.5 Å². The van der Waals surface area contributed by atoms with Crippen molar-refractivity contribution in [2.75, 3.05) is 5.32 Å². The average molecular weight is 365 g/mol. The molecule has 0 unspecified atom stereocenters. The highest BCUT2D eigenvalue weighted by Gasteiger charge is 2.16. The first kappa shape index (κ1) is 16.2. The van der Waals surface area contributed by atoms with Crippen molar-refractivity contribution in [3.8, 4) is 21.9 Å². The largest absolute Gasteiger partial charge is 0.451 e. The van der Waals surface area contributed by atoms with Crippen LogP contribution in [0, 0.1) is 5.82 Å². The van der Waals surface area contributed by atoms with Crippen molar-refractivity contribution in [1.82, 2.24) is 10.2 Å². The Bertz CT molecular complexity index is 1060. The number of nitrogens with zero attached hydrogens (tertiary/aromatic N) is 2. The molecule has 4 rings (SSSR count). The number of hydrogen-bond donors (Lipinski definition) is 1. The Labute approximate surface area is 152 Å². The predicted molar refractivity (Wildman–Crippen MR) is 97.4 cm³/mol. The Hall–Kier alpha value is -3.32.